The van der Waals surface area contributed by atoms with Gasteiger partial charge in [-0.15, -0.1) is 10.2 Å². The molecule has 0 saturated heterocycles. The molecular formula is C15H6BrCl2FN4O4S2. The Balaban J connectivity index is 1.72. The summed E-state index contributed by atoms with van der Waals surface area (Å²) in [4.78, 5) is 13.4. The van der Waals surface area contributed by atoms with Gasteiger partial charge in [-0.05, 0) is 40.2 Å². The summed E-state index contributed by atoms with van der Waals surface area (Å²) in [5.41, 5.74) is 0.232. The van der Waals surface area contributed by atoms with Gasteiger partial charge < -0.3 is 4.42 Å². The highest BCUT2D eigenvalue weighted by Gasteiger charge is 2.27. The molecule has 2 aromatic heterocycles. The predicted octanol–water partition coefficient (Wildman–Crippen LogP) is 4.65. The average molecular weight is 540 g/mol. The first-order chi connectivity index (χ1) is 13.7. The zero-order valence-electron chi connectivity index (χ0n) is 13.7. The Labute approximate surface area is 183 Å². The zero-order chi connectivity index (χ0) is 20.9. The number of hydrogen-bond acceptors (Lipinski definition) is 7. The number of benzene rings is 2. The predicted molar refractivity (Wildman–Crippen MR) is 111 cm³/mol. The van der Waals surface area contributed by atoms with Crippen LogP contribution in [0.1, 0.15) is 0 Å². The third-order valence-electron chi connectivity index (χ3n) is 3.64. The largest absolute Gasteiger partial charge is 0.417 e. The molecule has 150 valence electrons. The number of halogens is 4. The molecule has 0 saturated carbocycles. The van der Waals surface area contributed by atoms with Crippen molar-refractivity contribution in [3.05, 3.63) is 55.2 Å². The van der Waals surface area contributed by atoms with E-state index in [4.69, 9.17) is 27.6 Å². The van der Waals surface area contributed by atoms with Crippen molar-refractivity contribution in [2.24, 2.45) is 0 Å². The number of nitrogens with one attached hydrogen (secondary N) is 2. The van der Waals surface area contributed by atoms with Crippen LogP contribution >= 0.6 is 50.5 Å². The number of nitrogens with zero attached hydrogens (tertiary/aromatic N) is 2. The molecule has 0 spiro atoms. The van der Waals surface area contributed by atoms with Crippen LogP contribution in [-0.4, -0.2) is 23.6 Å². The molecule has 0 aliphatic heterocycles. The topological polar surface area (TPSA) is 118 Å². The van der Waals surface area contributed by atoms with E-state index in [0.29, 0.717) is 0 Å². The van der Waals surface area contributed by atoms with E-state index in [-0.39, 0.29) is 46.2 Å². The van der Waals surface area contributed by atoms with E-state index in [1.54, 1.807) is 0 Å². The number of H-pyrrole nitrogens is 1. The van der Waals surface area contributed by atoms with E-state index in [1.165, 1.54) is 18.2 Å². The maximum atomic E-state index is 14.1. The fraction of sp³-hybridized carbons (Fsp3) is 0. The van der Waals surface area contributed by atoms with Crippen LogP contribution in [0.2, 0.25) is 10.0 Å². The Kier molecular flexibility index (Phi) is 5.15. The lowest BCUT2D eigenvalue weighted by Gasteiger charge is -2.09. The minimum atomic E-state index is -4.25. The van der Waals surface area contributed by atoms with Gasteiger partial charge in [0.25, 0.3) is 10.0 Å². The number of anilines is 1. The van der Waals surface area contributed by atoms with Gasteiger partial charge in [0.05, 0.1) is 5.52 Å². The summed E-state index contributed by atoms with van der Waals surface area (Å²) in [7, 11) is -4.25. The first-order valence-electron chi connectivity index (χ1n) is 7.48. The zero-order valence-corrected chi connectivity index (χ0v) is 18.4. The Hall–Kier alpha value is -1.99. The van der Waals surface area contributed by atoms with Gasteiger partial charge in [-0.2, -0.15) is 0 Å². The highest BCUT2D eigenvalue weighted by Crippen LogP contribution is 2.37. The van der Waals surface area contributed by atoms with Crippen LogP contribution in [0.25, 0.3) is 21.7 Å². The van der Waals surface area contributed by atoms with E-state index in [2.05, 4.69) is 35.8 Å². The van der Waals surface area contributed by atoms with Crippen LogP contribution in [0.15, 0.2) is 42.8 Å². The second-order valence-electron chi connectivity index (χ2n) is 5.53. The maximum absolute atomic E-state index is 14.1. The van der Waals surface area contributed by atoms with Crippen molar-refractivity contribution in [2.45, 2.75) is 4.90 Å². The molecule has 2 aromatic carbocycles. The van der Waals surface area contributed by atoms with Crippen molar-refractivity contribution < 1.29 is 17.2 Å². The monoisotopic (exact) mass is 538 g/mol. The van der Waals surface area contributed by atoms with Gasteiger partial charge in [-0.1, -0.05) is 34.5 Å². The average Bonchev–Trinajstić information content (AvgIpc) is 3.20. The number of sulfonamides is 1. The summed E-state index contributed by atoms with van der Waals surface area (Å²) in [5, 5.41) is 7.48. The summed E-state index contributed by atoms with van der Waals surface area (Å²) in [6.45, 7) is 0. The molecule has 8 nitrogen and oxygen atoms in total. The highest BCUT2D eigenvalue weighted by molar-refractivity contribution is 9.10. The molecule has 0 aliphatic carbocycles. The van der Waals surface area contributed by atoms with Crippen molar-refractivity contribution in [3.8, 4) is 10.6 Å². The highest BCUT2D eigenvalue weighted by atomic mass is 79.9. The second kappa shape index (κ2) is 7.36. The van der Waals surface area contributed by atoms with Crippen molar-refractivity contribution in [3.63, 3.8) is 0 Å². The van der Waals surface area contributed by atoms with E-state index < -0.39 is 21.6 Å². The quantitative estimate of drug-likeness (QED) is 0.389. The molecule has 0 unspecified atom stereocenters. The van der Waals surface area contributed by atoms with E-state index in [1.807, 2.05) is 0 Å². The van der Waals surface area contributed by atoms with Crippen LogP contribution in [-0.2, 0) is 10.0 Å². The van der Waals surface area contributed by atoms with Gasteiger partial charge in [0.1, 0.15) is 15.7 Å². The fourth-order valence-electron chi connectivity index (χ4n) is 2.45. The molecule has 29 heavy (non-hydrogen) atoms. The minimum Gasteiger partial charge on any atom is -0.406 e. The van der Waals surface area contributed by atoms with Crippen LogP contribution in [0.4, 0.5) is 9.52 Å². The SMILES string of the molecule is O=c1[nH]c2cc(Br)c(S(=O)(=O)Nc3nnc(-c4ccc(Cl)cc4F)s3)c(Cl)c2o1. The van der Waals surface area contributed by atoms with Gasteiger partial charge >= 0.3 is 5.76 Å². The summed E-state index contributed by atoms with van der Waals surface area (Å²) in [5.74, 6) is -1.41. The third kappa shape index (κ3) is 3.78. The van der Waals surface area contributed by atoms with E-state index in [9.17, 15) is 17.6 Å². The molecule has 2 N–H and O–H groups in total. The fourth-order valence-corrected chi connectivity index (χ4v) is 6.47. The molecule has 0 amide bonds. The third-order valence-corrected chi connectivity index (χ3v) is 7.66. The molecule has 0 fully saturated rings. The normalized spacial score (nSPS) is 11.9. The lowest BCUT2D eigenvalue weighted by Crippen LogP contribution is -2.14. The van der Waals surface area contributed by atoms with Gasteiger partial charge in [0, 0.05) is 15.1 Å². The Morgan fingerprint density at radius 1 is 1.24 bits per heavy atom. The summed E-state index contributed by atoms with van der Waals surface area (Å²) in [6.07, 6.45) is 0. The number of aromatic amines is 1. The molecular weight excluding hydrogens is 534 g/mol. The van der Waals surface area contributed by atoms with Crippen LogP contribution < -0.4 is 10.5 Å². The molecule has 0 radical (unpaired) electrons. The Bertz CT molecular complexity index is 1430. The summed E-state index contributed by atoms with van der Waals surface area (Å²) in [6, 6.07) is 5.34. The smallest absolute Gasteiger partial charge is 0.406 e. The standard InChI is InChI=1S/C15H6BrCl2FN4O4S2/c16-7-4-9-11(27-15(24)20-9)10(18)12(7)29(25,26)23-14-22-21-13(28-14)6-2-1-5(17)3-8(6)19/h1-4H,(H,20,24)(H,22,23). The van der Waals surface area contributed by atoms with Crippen LogP contribution in [0.5, 0.6) is 0 Å². The molecule has 0 aliphatic rings. The number of aromatic nitrogens is 3. The summed E-state index contributed by atoms with van der Waals surface area (Å²) < 4.78 is 47.0. The molecule has 0 bridgehead atoms. The molecule has 14 heteroatoms. The first-order valence-corrected chi connectivity index (χ1v) is 11.3. The maximum Gasteiger partial charge on any atom is 0.417 e. The first kappa shape index (κ1) is 20.3. The Morgan fingerprint density at radius 3 is 2.72 bits per heavy atom. The lowest BCUT2D eigenvalue weighted by molar-refractivity contribution is 0.554. The number of hydrogen-bond donors (Lipinski definition) is 2. The molecule has 0 atom stereocenters. The van der Waals surface area contributed by atoms with Crippen molar-refractivity contribution in [1.29, 1.82) is 0 Å². The van der Waals surface area contributed by atoms with E-state index in [0.717, 1.165) is 17.4 Å². The van der Waals surface area contributed by atoms with Gasteiger partial charge in [0.15, 0.2) is 10.6 Å². The van der Waals surface area contributed by atoms with Gasteiger partial charge in [-0.25, -0.2) is 17.6 Å². The lowest BCUT2D eigenvalue weighted by atomic mass is 10.2. The van der Waals surface area contributed by atoms with E-state index >= 15 is 0 Å². The number of rotatable bonds is 4. The van der Waals surface area contributed by atoms with Gasteiger partial charge in [-0.3, -0.25) is 9.71 Å². The minimum absolute atomic E-state index is 0.0908. The number of fused-ring (bicyclic) bond motifs is 1. The van der Waals surface area contributed by atoms with Crippen LogP contribution in [0, 0.1) is 5.82 Å². The van der Waals surface area contributed by atoms with Crippen molar-refractivity contribution >= 4 is 76.7 Å². The van der Waals surface area contributed by atoms with Gasteiger partial charge in [0.2, 0.25) is 5.13 Å². The molecule has 2 heterocycles. The van der Waals surface area contributed by atoms with Crippen molar-refractivity contribution in [1.82, 2.24) is 15.2 Å². The second-order valence-corrected chi connectivity index (χ2v) is 9.80. The molecule has 4 rings (SSSR count). The molecule has 4 aromatic rings. The number of oxazole rings is 1. The van der Waals surface area contributed by atoms with Crippen LogP contribution in [0.3, 0.4) is 0 Å². The summed E-state index contributed by atoms with van der Waals surface area (Å²) >= 11 is 15.8. The van der Waals surface area contributed by atoms with Crippen molar-refractivity contribution in [2.75, 3.05) is 4.72 Å². The Morgan fingerprint density at radius 2 is 2.00 bits per heavy atom.